The SMILES string of the molecule is Cc1cc2c3c(c1)N(c1ccccc1)c1ccccc1B3c1cc3oc4cc(N(c5ccccc5)c5ccccc5)ccc4c3cc1O2. The number of benzene rings is 7. The second-order valence-electron chi connectivity index (χ2n) is 12.6. The standard InChI is InChI=1S/C43H29BN2O2/c1-28-23-38-43-42(24-28)48-41-26-34-33-22-21-32(45(29-13-5-2-6-14-29)30-15-7-3-8-16-30)25-39(33)47-40(34)27-36(41)44(43)35-19-11-12-20-37(35)46(38)31-17-9-4-10-18-31/h2-27H,1H3. The fourth-order valence-corrected chi connectivity index (χ4v) is 7.68. The number of hydrogen-bond donors (Lipinski definition) is 0. The summed E-state index contributed by atoms with van der Waals surface area (Å²) < 4.78 is 13.5. The summed E-state index contributed by atoms with van der Waals surface area (Å²) in [7, 11) is 0. The summed E-state index contributed by atoms with van der Waals surface area (Å²) in [4.78, 5) is 4.64. The molecule has 3 heterocycles. The Hall–Kier alpha value is -6.20. The third-order valence-corrected chi connectivity index (χ3v) is 9.70. The highest BCUT2D eigenvalue weighted by Gasteiger charge is 2.42. The van der Waals surface area contributed by atoms with Gasteiger partial charge in [0, 0.05) is 51.0 Å². The molecule has 0 atom stereocenters. The van der Waals surface area contributed by atoms with E-state index < -0.39 is 0 Å². The quantitative estimate of drug-likeness (QED) is 0.184. The van der Waals surface area contributed by atoms with Crippen LogP contribution in [-0.4, -0.2) is 6.71 Å². The van der Waals surface area contributed by atoms with Crippen molar-refractivity contribution in [3.63, 3.8) is 0 Å². The molecule has 0 radical (unpaired) electrons. The second-order valence-corrected chi connectivity index (χ2v) is 12.6. The number of nitrogens with zero attached hydrogens (tertiary/aromatic N) is 2. The minimum Gasteiger partial charge on any atom is -0.458 e. The van der Waals surface area contributed by atoms with Crippen LogP contribution in [0.2, 0.25) is 0 Å². The van der Waals surface area contributed by atoms with Gasteiger partial charge in [-0.25, -0.2) is 0 Å². The Bertz CT molecular complexity index is 2470. The van der Waals surface area contributed by atoms with Crippen LogP contribution in [-0.2, 0) is 0 Å². The number of ether oxygens (including phenoxy) is 1. The number of anilines is 6. The molecule has 5 heteroatoms. The normalized spacial score (nSPS) is 12.8. The first kappa shape index (κ1) is 27.0. The molecule has 0 saturated carbocycles. The second kappa shape index (κ2) is 10.4. The molecule has 7 aromatic carbocycles. The summed E-state index contributed by atoms with van der Waals surface area (Å²) >= 11 is 0. The van der Waals surface area contributed by atoms with E-state index in [-0.39, 0.29) is 6.71 Å². The van der Waals surface area contributed by atoms with Gasteiger partial charge in [0.1, 0.15) is 22.7 Å². The zero-order valence-corrected chi connectivity index (χ0v) is 26.3. The van der Waals surface area contributed by atoms with Gasteiger partial charge in [0.05, 0.1) is 0 Å². The molecule has 0 spiro atoms. The lowest BCUT2D eigenvalue weighted by Gasteiger charge is -2.40. The number of fused-ring (bicyclic) bond motifs is 7. The van der Waals surface area contributed by atoms with Crippen molar-refractivity contribution in [3.8, 4) is 11.5 Å². The summed E-state index contributed by atoms with van der Waals surface area (Å²) in [5, 5.41) is 2.11. The fourth-order valence-electron chi connectivity index (χ4n) is 7.68. The van der Waals surface area contributed by atoms with E-state index in [1.54, 1.807) is 0 Å². The molecule has 0 unspecified atom stereocenters. The zero-order valence-electron chi connectivity index (χ0n) is 26.3. The van der Waals surface area contributed by atoms with Crippen molar-refractivity contribution in [2.24, 2.45) is 0 Å². The largest absolute Gasteiger partial charge is 0.458 e. The Morgan fingerprint density at radius 1 is 0.521 bits per heavy atom. The first-order valence-corrected chi connectivity index (χ1v) is 16.4. The van der Waals surface area contributed by atoms with E-state index in [0.717, 1.165) is 72.9 Å². The molecule has 0 bridgehead atoms. The molecule has 8 aromatic rings. The smallest absolute Gasteiger partial charge is 0.256 e. The topological polar surface area (TPSA) is 28.9 Å². The molecule has 0 aliphatic carbocycles. The molecule has 4 nitrogen and oxygen atoms in total. The summed E-state index contributed by atoms with van der Waals surface area (Å²) in [6.45, 7) is 2.16. The van der Waals surface area contributed by atoms with Crippen LogP contribution in [0.25, 0.3) is 21.9 Å². The average Bonchev–Trinajstić information content (AvgIpc) is 3.48. The van der Waals surface area contributed by atoms with Gasteiger partial charge < -0.3 is 19.0 Å². The molecule has 226 valence electrons. The third kappa shape index (κ3) is 4.04. The summed E-state index contributed by atoms with van der Waals surface area (Å²) in [6.07, 6.45) is 0. The van der Waals surface area contributed by atoms with E-state index in [9.17, 15) is 0 Å². The maximum Gasteiger partial charge on any atom is 0.256 e. The highest BCUT2D eigenvalue weighted by Crippen LogP contribution is 2.43. The van der Waals surface area contributed by atoms with Crippen molar-refractivity contribution in [2.45, 2.75) is 6.92 Å². The fraction of sp³-hybridized carbons (Fsp3) is 0.0233. The highest BCUT2D eigenvalue weighted by molar-refractivity contribution is 6.99. The van der Waals surface area contributed by atoms with E-state index in [1.165, 1.54) is 16.6 Å². The third-order valence-electron chi connectivity index (χ3n) is 9.70. The molecule has 10 rings (SSSR count). The molecule has 0 amide bonds. The molecule has 48 heavy (non-hydrogen) atoms. The van der Waals surface area contributed by atoms with Gasteiger partial charge in [0.25, 0.3) is 6.71 Å². The van der Waals surface area contributed by atoms with Crippen LogP contribution >= 0.6 is 0 Å². The predicted octanol–water partition coefficient (Wildman–Crippen LogP) is 9.77. The summed E-state index contributed by atoms with van der Waals surface area (Å²) in [6, 6.07) is 55.7. The highest BCUT2D eigenvalue weighted by atomic mass is 16.5. The Kier molecular flexibility index (Phi) is 5.85. The van der Waals surface area contributed by atoms with E-state index >= 15 is 0 Å². The van der Waals surface area contributed by atoms with Gasteiger partial charge in [0.15, 0.2) is 0 Å². The number of aryl methyl sites for hydroxylation is 1. The first-order chi connectivity index (χ1) is 23.7. The van der Waals surface area contributed by atoms with Crippen molar-refractivity contribution in [3.05, 3.63) is 163 Å². The van der Waals surface area contributed by atoms with Crippen LogP contribution in [0.1, 0.15) is 5.56 Å². The van der Waals surface area contributed by atoms with Gasteiger partial charge in [-0.1, -0.05) is 72.8 Å². The molecule has 0 N–H and O–H groups in total. The zero-order chi connectivity index (χ0) is 31.8. The van der Waals surface area contributed by atoms with E-state index in [0.29, 0.717) is 0 Å². The van der Waals surface area contributed by atoms with Crippen LogP contribution in [0, 0.1) is 6.92 Å². The van der Waals surface area contributed by atoms with E-state index in [4.69, 9.17) is 9.15 Å². The molecule has 2 aliphatic rings. The van der Waals surface area contributed by atoms with E-state index in [1.807, 2.05) is 12.1 Å². The van der Waals surface area contributed by atoms with Crippen molar-refractivity contribution < 1.29 is 9.15 Å². The Labute approximate surface area is 279 Å². The van der Waals surface area contributed by atoms with Gasteiger partial charge in [-0.2, -0.15) is 0 Å². The van der Waals surface area contributed by atoms with Crippen molar-refractivity contribution >= 4 is 79.2 Å². The predicted molar refractivity (Wildman–Crippen MR) is 199 cm³/mol. The minimum atomic E-state index is 0.00957. The Morgan fingerprint density at radius 3 is 1.94 bits per heavy atom. The molecular weight excluding hydrogens is 587 g/mol. The molecule has 0 saturated heterocycles. The van der Waals surface area contributed by atoms with Crippen LogP contribution in [0.15, 0.2) is 162 Å². The molecule has 2 aliphatic heterocycles. The van der Waals surface area contributed by atoms with Crippen LogP contribution in [0.5, 0.6) is 11.5 Å². The monoisotopic (exact) mass is 616 g/mol. The number of furan rings is 1. The van der Waals surface area contributed by atoms with Gasteiger partial charge in [-0.05, 0) is 108 Å². The van der Waals surface area contributed by atoms with Crippen molar-refractivity contribution in [2.75, 3.05) is 9.80 Å². The maximum atomic E-state index is 6.83. The summed E-state index contributed by atoms with van der Waals surface area (Å²) in [5.74, 6) is 1.79. The van der Waals surface area contributed by atoms with Crippen LogP contribution in [0.3, 0.4) is 0 Å². The van der Waals surface area contributed by atoms with Gasteiger partial charge >= 0.3 is 0 Å². The lowest BCUT2D eigenvalue weighted by molar-refractivity contribution is 0.487. The Balaban J connectivity index is 1.16. The summed E-state index contributed by atoms with van der Waals surface area (Å²) in [5.41, 5.74) is 13.1. The van der Waals surface area contributed by atoms with Crippen LogP contribution < -0.4 is 30.9 Å². The van der Waals surface area contributed by atoms with Gasteiger partial charge in [-0.15, -0.1) is 0 Å². The minimum absolute atomic E-state index is 0.00957. The first-order valence-electron chi connectivity index (χ1n) is 16.4. The number of hydrogen-bond acceptors (Lipinski definition) is 4. The van der Waals surface area contributed by atoms with Crippen LogP contribution in [0.4, 0.5) is 34.1 Å². The average molecular weight is 617 g/mol. The molecular formula is C43H29BN2O2. The maximum absolute atomic E-state index is 6.83. The molecule has 1 aromatic heterocycles. The number of para-hydroxylation sites is 4. The van der Waals surface area contributed by atoms with E-state index in [2.05, 4.69) is 162 Å². The van der Waals surface area contributed by atoms with Gasteiger partial charge in [-0.3, -0.25) is 0 Å². The number of rotatable bonds is 4. The van der Waals surface area contributed by atoms with Crippen molar-refractivity contribution in [1.29, 1.82) is 0 Å². The molecule has 0 fully saturated rings. The Morgan fingerprint density at radius 2 is 1.19 bits per heavy atom. The van der Waals surface area contributed by atoms with Crippen molar-refractivity contribution in [1.82, 2.24) is 0 Å². The van der Waals surface area contributed by atoms with Gasteiger partial charge in [0.2, 0.25) is 0 Å². The lowest BCUT2D eigenvalue weighted by atomic mass is 9.34. The lowest BCUT2D eigenvalue weighted by Crippen LogP contribution is -2.59.